The second-order valence-electron chi connectivity index (χ2n) is 4.56. The molecule has 0 unspecified atom stereocenters. The Labute approximate surface area is 127 Å². The van der Waals surface area contributed by atoms with E-state index in [-0.39, 0.29) is 5.69 Å². The molecule has 0 aromatic heterocycles. The molecule has 0 aliphatic carbocycles. The molecule has 2 rings (SSSR count). The predicted octanol–water partition coefficient (Wildman–Crippen LogP) is 3.56. The Balaban J connectivity index is 2.50. The summed E-state index contributed by atoms with van der Waals surface area (Å²) in [6.45, 7) is 1.61. The Hall–Kier alpha value is -3.07. The largest absolute Gasteiger partial charge is 0.497 e. The van der Waals surface area contributed by atoms with Crippen LogP contribution in [0.1, 0.15) is 6.92 Å². The van der Waals surface area contributed by atoms with Gasteiger partial charge in [0.25, 0.3) is 5.69 Å². The smallest absolute Gasteiger partial charge is 0.270 e. The van der Waals surface area contributed by atoms with Crippen LogP contribution >= 0.6 is 0 Å². The molecule has 0 aliphatic heterocycles. The number of methoxy groups -OCH3 is 1. The van der Waals surface area contributed by atoms with Crippen LogP contribution < -0.4 is 9.47 Å². The van der Waals surface area contributed by atoms with E-state index in [1.807, 2.05) is 6.07 Å². The fraction of sp³-hybridized carbons (Fsp3) is 0.188. The number of nitro groups is 1. The molecule has 6 heteroatoms. The SMILES string of the molecule is COc1ccc(-c2cc([N+](=O)[O-])ccc2O[C@@H](C)C#N)cc1. The third-order valence-electron chi connectivity index (χ3n) is 3.06. The normalized spacial score (nSPS) is 11.3. The van der Waals surface area contributed by atoms with E-state index >= 15 is 0 Å². The molecular formula is C16H14N2O4. The van der Waals surface area contributed by atoms with Crippen LogP contribution in [-0.4, -0.2) is 18.1 Å². The Kier molecular flexibility index (Phi) is 4.59. The van der Waals surface area contributed by atoms with Gasteiger partial charge in [-0.2, -0.15) is 5.26 Å². The van der Waals surface area contributed by atoms with Crippen molar-refractivity contribution in [3.05, 3.63) is 52.6 Å². The Bertz CT molecular complexity index is 720. The van der Waals surface area contributed by atoms with Crippen molar-refractivity contribution in [1.82, 2.24) is 0 Å². The summed E-state index contributed by atoms with van der Waals surface area (Å²) in [6.07, 6.45) is -0.654. The Morgan fingerprint density at radius 1 is 1.23 bits per heavy atom. The quantitative estimate of drug-likeness (QED) is 0.622. The highest BCUT2D eigenvalue weighted by molar-refractivity contribution is 5.73. The minimum absolute atomic E-state index is 0.0391. The van der Waals surface area contributed by atoms with Gasteiger partial charge in [-0.25, -0.2) is 0 Å². The second kappa shape index (κ2) is 6.59. The van der Waals surface area contributed by atoms with Gasteiger partial charge in [-0.3, -0.25) is 10.1 Å². The summed E-state index contributed by atoms with van der Waals surface area (Å²) in [7, 11) is 1.56. The Morgan fingerprint density at radius 3 is 2.45 bits per heavy atom. The number of nitrogens with zero attached hydrogens (tertiary/aromatic N) is 2. The molecule has 0 saturated heterocycles. The maximum Gasteiger partial charge on any atom is 0.270 e. The molecule has 0 spiro atoms. The first-order chi connectivity index (χ1) is 10.5. The van der Waals surface area contributed by atoms with Crippen molar-refractivity contribution in [2.75, 3.05) is 7.11 Å². The van der Waals surface area contributed by atoms with Crippen molar-refractivity contribution in [2.24, 2.45) is 0 Å². The molecule has 0 amide bonds. The van der Waals surface area contributed by atoms with Gasteiger partial charge in [0.2, 0.25) is 0 Å². The van der Waals surface area contributed by atoms with Crippen LogP contribution in [0.25, 0.3) is 11.1 Å². The van der Waals surface area contributed by atoms with Gasteiger partial charge in [-0.1, -0.05) is 12.1 Å². The molecule has 0 N–H and O–H groups in total. The van der Waals surface area contributed by atoms with Crippen molar-refractivity contribution in [3.8, 4) is 28.7 Å². The van der Waals surface area contributed by atoms with E-state index in [1.165, 1.54) is 18.2 Å². The third-order valence-corrected chi connectivity index (χ3v) is 3.06. The van der Waals surface area contributed by atoms with E-state index < -0.39 is 11.0 Å². The van der Waals surface area contributed by atoms with Crippen LogP contribution in [-0.2, 0) is 0 Å². The average molecular weight is 298 g/mol. The van der Waals surface area contributed by atoms with E-state index in [1.54, 1.807) is 38.3 Å². The van der Waals surface area contributed by atoms with Gasteiger partial charge in [0.1, 0.15) is 17.6 Å². The zero-order valence-corrected chi connectivity index (χ0v) is 12.1. The number of hydrogen-bond donors (Lipinski definition) is 0. The van der Waals surface area contributed by atoms with Crippen LogP contribution in [0.15, 0.2) is 42.5 Å². The van der Waals surface area contributed by atoms with Crippen molar-refractivity contribution >= 4 is 5.69 Å². The van der Waals surface area contributed by atoms with Crippen molar-refractivity contribution in [1.29, 1.82) is 5.26 Å². The highest BCUT2D eigenvalue weighted by Gasteiger charge is 2.15. The minimum Gasteiger partial charge on any atom is -0.497 e. The molecule has 2 aromatic carbocycles. The summed E-state index contributed by atoms with van der Waals surface area (Å²) in [6, 6.07) is 13.3. The number of rotatable bonds is 5. The standard InChI is InChI=1S/C16H14N2O4/c1-11(10-17)22-16-8-5-13(18(19)20)9-15(16)12-3-6-14(21-2)7-4-12/h3-9,11H,1-2H3/t11-/m0/s1. The van der Waals surface area contributed by atoms with Gasteiger partial charge in [-0.05, 0) is 30.7 Å². The van der Waals surface area contributed by atoms with Gasteiger partial charge in [0.15, 0.2) is 6.10 Å². The molecule has 0 aliphatic rings. The molecule has 22 heavy (non-hydrogen) atoms. The molecule has 0 radical (unpaired) electrons. The summed E-state index contributed by atoms with van der Waals surface area (Å²) >= 11 is 0. The van der Waals surface area contributed by atoms with Crippen molar-refractivity contribution in [3.63, 3.8) is 0 Å². The zero-order chi connectivity index (χ0) is 16.1. The number of non-ortho nitro benzene ring substituents is 1. The second-order valence-corrected chi connectivity index (χ2v) is 4.56. The summed E-state index contributed by atoms with van der Waals surface area (Å²) in [5.74, 6) is 1.10. The molecule has 112 valence electrons. The maximum absolute atomic E-state index is 11.0. The topological polar surface area (TPSA) is 85.4 Å². The fourth-order valence-electron chi connectivity index (χ4n) is 1.95. The van der Waals surface area contributed by atoms with E-state index in [9.17, 15) is 10.1 Å². The molecule has 0 saturated carbocycles. The number of nitro benzene ring substituents is 1. The van der Waals surface area contributed by atoms with Gasteiger partial charge in [0, 0.05) is 17.7 Å². The third kappa shape index (κ3) is 3.33. The van der Waals surface area contributed by atoms with Crippen LogP contribution in [0.2, 0.25) is 0 Å². The lowest BCUT2D eigenvalue weighted by Gasteiger charge is -2.13. The molecule has 0 bridgehead atoms. The average Bonchev–Trinajstić information content (AvgIpc) is 2.55. The van der Waals surface area contributed by atoms with Crippen molar-refractivity contribution in [2.45, 2.75) is 13.0 Å². The first-order valence-corrected chi connectivity index (χ1v) is 6.54. The van der Waals surface area contributed by atoms with E-state index in [4.69, 9.17) is 14.7 Å². The molecule has 2 aromatic rings. The first-order valence-electron chi connectivity index (χ1n) is 6.54. The lowest BCUT2D eigenvalue weighted by molar-refractivity contribution is -0.384. The first kappa shape index (κ1) is 15.3. The van der Waals surface area contributed by atoms with Crippen molar-refractivity contribution < 1.29 is 14.4 Å². The van der Waals surface area contributed by atoms with Crippen LogP contribution in [0.3, 0.4) is 0 Å². The van der Waals surface area contributed by atoms with Gasteiger partial charge < -0.3 is 9.47 Å². The van der Waals surface area contributed by atoms with Crippen LogP contribution in [0, 0.1) is 21.4 Å². The summed E-state index contributed by atoms with van der Waals surface area (Å²) in [5, 5.41) is 19.8. The predicted molar refractivity (Wildman–Crippen MR) is 80.8 cm³/mol. The van der Waals surface area contributed by atoms with Gasteiger partial charge >= 0.3 is 0 Å². The maximum atomic E-state index is 11.0. The minimum atomic E-state index is -0.654. The number of nitriles is 1. The van der Waals surface area contributed by atoms with Crippen LogP contribution in [0.5, 0.6) is 11.5 Å². The van der Waals surface area contributed by atoms with Gasteiger partial charge in [0.05, 0.1) is 12.0 Å². The van der Waals surface area contributed by atoms with E-state index in [0.29, 0.717) is 17.1 Å². The zero-order valence-electron chi connectivity index (χ0n) is 12.1. The van der Waals surface area contributed by atoms with Crippen LogP contribution in [0.4, 0.5) is 5.69 Å². The molecule has 0 heterocycles. The number of benzene rings is 2. The summed E-state index contributed by atoms with van der Waals surface area (Å²) < 4.78 is 10.6. The molecular weight excluding hydrogens is 284 g/mol. The molecule has 6 nitrogen and oxygen atoms in total. The van der Waals surface area contributed by atoms with E-state index in [0.717, 1.165) is 5.56 Å². The van der Waals surface area contributed by atoms with Gasteiger partial charge in [-0.15, -0.1) is 0 Å². The monoisotopic (exact) mass is 298 g/mol. The Morgan fingerprint density at radius 2 is 1.91 bits per heavy atom. The summed E-state index contributed by atoms with van der Waals surface area (Å²) in [5.41, 5.74) is 1.26. The summed E-state index contributed by atoms with van der Waals surface area (Å²) in [4.78, 5) is 10.5. The highest BCUT2D eigenvalue weighted by atomic mass is 16.6. The lowest BCUT2D eigenvalue weighted by atomic mass is 10.0. The fourth-order valence-corrected chi connectivity index (χ4v) is 1.95. The number of ether oxygens (including phenoxy) is 2. The highest BCUT2D eigenvalue weighted by Crippen LogP contribution is 2.34. The molecule has 1 atom stereocenters. The molecule has 0 fully saturated rings. The lowest BCUT2D eigenvalue weighted by Crippen LogP contribution is -2.09. The van der Waals surface area contributed by atoms with E-state index in [2.05, 4.69) is 0 Å². The number of hydrogen-bond acceptors (Lipinski definition) is 5.